The number of carbonyl (C=O) groups is 1. The molecule has 0 radical (unpaired) electrons. The van der Waals surface area contributed by atoms with Crippen LogP contribution in [-0.2, 0) is 0 Å². The number of nitrogen functional groups attached to an aromatic ring is 1. The van der Waals surface area contributed by atoms with Crippen LogP contribution in [-0.4, -0.2) is 10.9 Å². The molecule has 1 aromatic carbocycles. The van der Waals surface area contributed by atoms with Crippen LogP contribution in [0.1, 0.15) is 10.5 Å². The molecule has 0 bridgehead atoms. The standard InChI is InChI=1S/C12H10ClFN4O/c13-7-1-2-9(14)10(5-7)17-12(19)11-6-8(18-15)3-4-16-11/h1-6H,15H2,(H,16,18)(H,17,19). The van der Waals surface area contributed by atoms with Crippen LogP contribution in [0, 0.1) is 5.82 Å². The maximum atomic E-state index is 13.5. The van der Waals surface area contributed by atoms with Crippen LogP contribution < -0.4 is 16.6 Å². The van der Waals surface area contributed by atoms with E-state index in [0.29, 0.717) is 10.7 Å². The molecule has 2 aromatic rings. The highest BCUT2D eigenvalue weighted by Crippen LogP contribution is 2.20. The molecule has 1 heterocycles. The van der Waals surface area contributed by atoms with Gasteiger partial charge in [-0.15, -0.1) is 0 Å². The number of anilines is 2. The summed E-state index contributed by atoms with van der Waals surface area (Å²) < 4.78 is 13.5. The number of nitrogens with one attached hydrogen (secondary N) is 2. The molecule has 1 aromatic heterocycles. The lowest BCUT2D eigenvalue weighted by atomic mass is 10.2. The summed E-state index contributed by atoms with van der Waals surface area (Å²) in [5.41, 5.74) is 3.01. The topological polar surface area (TPSA) is 80.0 Å². The fourth-order valence-corrected chi connectivity index (χ4v) is 1.60. The minimum absolute atomic E-state index is 0.00888. The summed E-state index contributed by atoms with van der Waals surface area (Å²) in [5.74, 6) is 4.09. The number of carbonyl (C=O) groups excluding carboxylic acids is 1. The highest BCUT2D eigenvalue weighted by atomic mass is 35.5. The van der Waals surface area contributed by atoms with Gasteiger partial charge in [0.25, 0.3) is 5.91 Å². The van der Waals surface area contributed by atoms with Crippen LogP contribution in [0.25, 0.3) is 0 Å². The molecule has 2 rings (SSSR count). The van der Waals surface area contributed by atoms with Gasteiger partial charge in [-0.2, -0.15) is 0 Å². The lowest BCUT2D eigenvalue weighted by Gasteiger charge is -2.07. The molecular formula is C12H10ClFN4O. The lowest BCUT2D eigenvalue weighted by molar-refractivity contribution is 0.102. The molecule has 4 N–H and O–H groups in total. The van der Waals surface area contributed by atoms with Crippen LogP contribution in [0.4, 0.5) is 15.8 Å². The fraction of sp³-hybridized carbons (Fsp3) is 0. The molecule has 98 valence electrons. The van der Waals surface area contributed by atoms with Crippen molar-refractivity contribution in [2.75, 3.05) is 10.7 Å². The van der Waals surface area contributed by atoms with Gasteiger partial charge >= 0.3 is 0 Å². The number of hydrogen-bond acceptors (Lipinski definition) is 4. The van der Waals surface area contributed by atoms with Crippen molar-refractivity contribution < 1.29 is 9.18 Å². The van der Waals surface area contributed by atoms with E-state index in [2.05, 4.69) is 15.7 Å². The third-order valence-corrected chi connectivity index (χ3v) is 2.57. The summed E-state index contributed by atoms with van der Waals surface area (Å²) in [6, 6.07) is 6.92. The molecule has 0 atom stereocenters. The van der Waals surface area contributed by atoms with Crippen molar-refractivity contribution in [3.63, 3.8) is 0 Å². The number of hydrazine groups is 1. The molecule has 19 heavy (non-hydrogen) atoms. The molecular weight excluding hydrogens is 271 g/mol. The number of rotatable bonds is 3. The Morgan fingerprint density at radius 2 is 2.11 bits per heavy atom. The van der Waals surface area contributed by atoms with E-state index in [1.807, 2.05) is 0 Å². The SMILES string of the molecule is NNc1ccnc(C(=O)Nc2cc(Cl)ccc2F)c1. The van der Waals surface area contributed by atoms with Gasteiger partial charge in [0, 0.05) is 11.2 Å². The van der Waals surface area contributed by atoms with Crippen molar-refractivity contribution in [1.29, 1.82) is 0 Å². The maximum absolute atomic E-state index is 13.5. The van der Waals surface area contributed by atoms with Gasteiger partial charge in [0.2, 0.25) is 0 Å². The Kier molecular flexibility index (Phi) is 3.94. The van der Waals surface area contributed by atoms with E-state index in [9.17, 15) is 9.18 Å². The Labute approximate surface area is 113 Å². The second-order valence-electron chi connectivity index (χ2n) is 3.65. The molecule has 7 heteroatoms. The number of pyridine rings is 1. The number of aromatic nitrogens is 1. The Morgan fingerprint density at radius 3 is 2.84 bits per heavy atom. The normalized spacial score (nSPS) is 10.1. The van der Waals surface area contributed by atoms with Gasteiger partial charge < -0.3 is 10.7 Å². The number of halogens is 2. The second kappa shape index (κ2) is 5.64. The molecule has 5 nitrogen and oxygen atoms in total. The van der Waals surface area contributed by atoms with Gasteiger partial charge in [-0.1, -0.05) is 11.6 Å². The average molecular weight is 281 g/mol. The summed E-state index contributed by atoms with van der Waals surface area (Å²) >= 11 is 5.73. The third-order valence-electron chi connectivity index (χ3n) is 2.34. The second-order valence-corrected chi connectivity index (χ2v) is 4.09. The summed E-state index contributed by atoms with van der Waals surface area (Å²) in [6.45, 7) is 0. The fourth-order valence-electron chi connectivity index (χ4n) is 1.42. The monoisotopic (exact) mass is 280 g/mol. The third kappa shape index (κ3) is 3.18. The van der Waals surface area contributed by atoms with Gasteiger partial charge in [-0.05, 0) is 30.3 Å². The predicted octanol–water partition coefficient (Wildman–Crippen LogP) is 2.41. The molecule has 0 saturated carbocycles. The summed E-state index contributed by atoms with van der Waals surface area (Å²) in [6.07, 6.45) is 1.42. The first-order chi connectivity index (χ1) is 9.10. The molecule has 0 spiro atoms. The minimum atomic E-state index is -0.578. The smallest absolute Gasteiger partial charge is 0.274 e. The minimum Gasteiger partial charge on any atom is -0.324 e. The summed E-state index contributed by atoms with van der Waals surface area (Å²) in [7, 11) is 0. The lowest BCUT2D eigenvalue weighted by Crippen LogP contribution is -2.15. The summed E-state index contributed by atoms with van der Waals surface area (Å²) in [4.78, 5) is 15.8. The van der Waals surface area contributed by atoms with Gasteiger partial charge in [0.1, 0.15) is 11.5 Å². The van der Waals surface area contributed by atoms with Crippen molar-refractivity contribution in [1.82, 2.24) is 4.98 Å². The molecule has 0 unspecified atom stereocenters. The molecule has 0 aliphatic heterocycles. The first kappa shape index (κ1) is 13.3. The first-order valence-electron chi connectivity index (χ1n) is 5.29. The van der Waals surface area contributed by atoms with Gasteiger partial charge in [0.15, 0.2) is 0 Å². The largest absolute Gasteiger partial charge is 0.324 e. The van der Waals surface area contributed by atoms with E-state index in [1.54, 1.807) is 6.07 Å². The Balaban J connectivity index is 2.22. The van der Waals surface area contributed by atoms with E-state index in [1.165, 1.54) is 30.5 Å². The number of nitrogens with zero attached hydrogens (tertiary/aromatic N) is 1. The zero-order chi connectivity index (χ0) is 13.8. The maximum Gasteiger partial charge on any atom is 0.274 e. The van der Waals surface area contributed by atoms with Crippen LogP contribution >= 0.6 is 11.6 Å². The van der Waals surface area contributed by atoms with E-state index >= 15 is 0 Å². The molecule has 0 fully saturated rings. The van der Waals surface area contributed by atoms with E-state index in [4.69, 9.17) is 17.4 Å². The predicted molar refractivity (Wildman–Crippen MR) is 71.4 cm³/mol. The van der Waals surface area contributed by atoms with Gasteiger partial charge in [-0.3, -0.25) is 15.6 Å². The van der Waals surface area contributed by atoms with Gasteiger partial charge in [-0.25, -0.2) is 4.39 Å². The molecule has 0 aliphatic rings. The number of amides is 1. The zero-order valence-corrected chi connectivity index (χ0v) is 10.4. The van der Waals surface area contributed by atoms with Crippen molar-refractivity contribution in [3.8, 4) is 0 Å². The molecule has 0 aliphatic carbocycles. The average Bonchev–Trinajstić information content (AvgIpc) is 2.43. The van der Waals surface area contributed by atoms with E-state index < -0.39 is 11.7 Å². The number of hydrogen-bond donors (Lipinski definition) is 3. The summed E-state index contributed by atoms with van der Waals surface area (Å²) in [5, 5.41) is 2.71. The van der Waals surface area contributed by atoms with Crippen molar-refractivity contribution >= 4 is 28.9 Å². The van der Waals surface area contributed by atoms with Crippen LogP contribution in [0.3, 0.4) is 0 Å². The quantitative estimate of drug-likeness (QED) is 0.596. The van der Waals surface area contributed by atoms with Crippen LogP contribution in [0.15, 0.2) is 36.5 Å². The van der Waals surface area contributed by atoms with Crippen LogP contribution in [0.5, 0.6) is 0 Å². The van der Waals surface area contributed by atoms with Crippen LogP contribution in [0.2, 0.25) is 5.02 Å². The van der Waals surface area contributed by atoms with Crippen molar-refractivity contribution in [2.45, 2.75) is 0 Å². The van der Waals surface area contributed by atoms with E-state index in [0.717, 1.165) is 0 Å². The number of nitrogens with two attached hydrogens (primary N) is 1. The van der Waals surface area contributed by atoms with E-state index in [-0.39, 0.29) is 11.4 Å². The highest BCUT2D eigenvalue weighted by molar-refractivity contribution is 6.31. The number of benzene rings is 1. The Morgan fingerprint density at radius 1 is 1.32 bits per heavy atom. The molecule has 0 saturated heterocycles. The zero-order valence-electron chi connectivity index (χ0n) is 9.65. The Bertz CT molecular complexity index is 620. The Hall–Kier alpha value is -2.18. The van der Waals surface area contributed by atoms with Gasteiger partial charge in [0.05, 0.1) is 11.4 Å². The van der Waals surface area contributed by atoms with Crippen molar-refractivity contribution in [2.24, 2.45) is 5.84 Å². The first-order valence-corrected chi connectivity index (χ1v) is 5.67. The van der Waals surface area contributed by atoms with Crippen molar-refractivity contribution in [3.05, 3.63) is 53.1 Å². The molecule has 1 amide bonds. The highest BCUT2D eigenvalue weighted by Gasteiger charge is 2.11.